The molecule has 0 aromatic carbocycles. The number of carbonyl (C=O) groups is 1. The lowest BCUT2D eigenvalue weighted by molar-refractivity contribution is -0.142. The van der Waals surface area contributed by atoms with Crippen molar-refractivity contribution >= 4 is 11.7 Å². The van der Waals surface area contributed by atoms with E-state index >= 15 is 0 Å². The Hall–Kier alpha value is -2.59. The number of aromatic nitrogens is 3. The minimum Gasteiger partial charge on any atom is -0.305 e. The number of pyridine rings is 1. The van der Waals surface area contributed by atoms with E-state index in [2.05, 4.69) is 15.4 Å². The van der Waals surface area contributed by atoms with Gasteiger partial charge in [0.05, 0.1) is 11.3 Å². The van der Waals surface area contributed by atoms with Crippen LogP contribution in [0.5, 0.6) is 0 Å². The standard InChI is InChI=1S/C13H10F6N4O/c1-5-9(13(17,18)19)22-23-10(5)21-11(24)7-3-4-8(12(14,15)16)20-6(7)2/h3-4H,1-2H3,(H2,21,22,23,24). The summed E-state index contributed by atoms with van der Waals surface area (Å²) in [4.78, 5) is 15.3. The zero-order valence-corrected chi connectivity index (χ0v) is 12.2. The number of aryl methyl sites for hydroxylation is 1. The van der Waals surface area contributed by atoms with E-state index in [4.69, 9.17) is 0 Å². The summed E-state index contributed by atoms with van der Waals surface area (Å²) < 4.78 is 75.5. The summed E-state index contributed by atoms with van der Waals surface area (Å²) in [6.07, 6.45) is -9.34. The molecule has 2 aromatic heterocycles. The number of nitrogens with one attached hydrogen (secondary N) is 2. The molecule has 0 aliphatic carbocycles. The highest BCUT2D eigenvalue weighted by atomic mass is 19.4. The molecule has 2 aromatic rings. The molecule has 0 saturated carbocycles. The summed E-state index contributed by atoms with van der Waals surface area (Å²) in [7, 11) is 0. The molecule has 0 aliphatic heterocycles. The fraction of sp³-hybridized carbons (Fsp3) is 0.308. The van der Waals surface area contributed by atoms with Crippen LogP contribution >= 0.6 is 0 Å². The number of amides is 1. The van der Waals surface area contributed by atoms with E-state index in [1.807, 2.05) is 0 Å². The minimum absolute atomic E-state index is 0.209. The highest BCUT2D eigenvalue weighted by Crippen LogP contribution is 2.33. The molecule has 0 unspecified atom stereocenters. The van der Waals surface area contributed by atoms with Crippen LogP contribution in [0.1, 0.15) is 33.0 Å². The van der Waals surface area contributed by atoms with Gasteiger partial charge in [-0.25, -0.2) is 4.98 Å². The predicted molar refractivity (Wildman–Crippen MR) is 70.3 cm³/mol. The van der Waals surface area contributed by atoms with Crippen molar-refractivity contribution < 1.29 is 31.1 Å². The molecule has 0 fully saturated rings. The van der Waals surface area contributed by atoms with Gasteiger partial charge in [-0.15, -0.1) is 0 Å². The van der Waals surface area contributed by atoms with E-state index in [1.165, 1.54) is 6.92 Å². The molecule has 11 heteroatoms. The number of carbonyl (C=O) groups excluding carboxylic acids is 1. The quantitative estimate of drug-likeness (QED) is 0.810. The molecule has 1 amide bonds. The van der Waals surface area contributed by atoms with Crippen LogP contribution in [0.2, 0.25) is 0 Å². The van der Waals surface area contributed by atoms with Gasteiger partial charge in [-0.3, -0.25) is 9.89 Å². The average molecular weight is 352 g/mol. The lowest BCUT2D eigenvalue weighted by Crippen LogP contribution is -2.17. The second kappa shape index (κ2) is 5.80. The van der Waals surface area contributed by atoms with Crippen molar-refractivity contribution in [3.8, 4) is 0 Å². The van der Waals surface area contributed by atoms with Crippen LogP contribution in [0.4, 0.5) is 32.2 Å². The van der Waals surface area contributed by atoms with Gasteiger partial charge in [-0.05, 0) is 26.0 Å². The number of nitrogens with zero attached hydrogens (tertiary/aromatic N) is 2. The number of hydrogen-bond donors (Lipinski definition) is 2. The largest absolute Gasteiger partial charge is 0.433 e. The monoisotopic (exact) mass is 352 g/mol. The van der Waals surface area contributed by atoms with Gasteiger partial charge in [0.15, 0.2) is 5.82 Å². The normalized spacial score (nSPS) is 12.3. The second-order valence-electron chi connectivity index (χ2n) is 4.85. The van der Waals surface area contributed by atoms with Crippen LogP contribution in [0, 0.1) is 13.8 Å². The number of H-pyrrole nitrogens is 1. The summed E-state index contributed by atoms with van der Waals surface area (Å²) >= 11 is 0. The summed E-state index contributed by atoms with van der Waals surface area (Å²) in [5.41, 5.74) is -3.06. The molecular formula is C13H10F6N4O. The Bertz CT molecular complexity index is 778. The van der Waals surface area contributed by atoms with Crippen molar-refractivity contribution in [3.63, 3.8) is 0 Å². The van der Waals surface area contributed by atoms with E-state index < -0.39 is 29.6 Å². The Morgan fingerprint density at radius 3 is 2.17 bits per heavy atom. The number of anilines is 1. The van der Waals surface area contributed by atoms with E-state index in [1.54, 1.807) is 5.10 Å². The third kappa shape index (κ3) is 3.49. The Morgan fingerprint density at radius 2 is 1.71 bits per heavy atom. The maximum Gasteiger partial charge on any atom is 0.433 e. The molecule has 2 N–H and O–H groups in total. The molecule has 2 heterocycles. The summed E-state index contributed by atoms with van der Waals surface area (Å²) in [6.45, 7) is 2.28. The number of halogens is 6. The highest BCUT2D eigenvalue weighted by molar-refractivity contribution is 6.04. The summed E-state index contributed by atoms with van der Waals surface area (Å²) in [5.74, 6) is -1.29. The topological polar surface area (TPSA) is 70.7 Å². The van der Waals surface area contributed by atoms with Gasteiger partial charge in [-0.2, -0.15) is 31.4 Å². The molecule has 2 rings (SSSR count). The van der Waals surface area contributed by atoms with Gasteiger partial charge in [0.1, 0.15) is 11.4 Å². The van der Waals surface area contributed by atoms with Crippen LogP contribution in [-0.2, 0) is 12.4 Å². The number of hydrogen-bond acceptors (Lipinski definition) is 3. The molecule has 0 bridgehead atoms. The molecule has 0 atom stereocenters. The molecule has 0 radical (unpaired) electrons. The lowest BCUT2D eigenvalue weighted by atomic mass is 10.1. The molecule has 0 saturated heterocycles. The van der Waals surface area contributed by atoms with E-state index in [-0.39, 0.29) is 22.6 Å². The molecule has 130 valence electrons. The minimum atomic E-state index is -4.67. The van der Waals surface area contributed by atoms with Crippen molar-refractivity contribution in [2.45, 2.75) is 26.2 Å². The molecule has 0 aliphatic rings. The van der Waals surface area contributed by atoms with Crippen molar-refractivity contribution in [2.24, 2.45) is 0 Å². The van der Waals surface area contributed by atoms with Crippen molar-refractivity contribution in [2.75, 3.05) is 5.32 Å². The molecule has 5 nitrogen and oxygen atoms in total. The van der Waals surface area contributed by atoms with E-state index in [0.29, 0.717) is 6.07 Å². The first-order valence-electron chi connectivity index (χ1n) is 6.39. The van der Waals surface area contributed by atoms with Gasteiger partial charge in [0.25, 0.3) is 5.91 Å². The predicted octanol–water partition coefficient (Wildman–Crippen LogP) is 3.71. The van der Waals surface area contributed by atoms with Crippen LogP contribution < -0.4 is 5.32 Å². The third-order valence-corrected chi connectivity index (χ3v) is 3.15. The first kappa shape index (κ1) is 17.8. The van der Waals surface area contributed by atoms with Crippen molar-refractivity contribution in [1.82, 2.24) is 15.2 Å². The zero-order chi connectivity index (χ0) is 18.3. The van der Waals surface area contributed by atoms with Crippen molar-refractivity contribution in [3.05, 3.63) is 40.3 Å². The second-order valence-corrected chi connectivity index (χ2v) is 4.85. The smallest absolute Gasteiger partial charge is 0.305 e. The fourth-order valence-electron chi connectivity index (χ4n) is 1.93. The maximum absolute atomic E-state index is 12.6. The molecule has 0 spiro atoms. The Morgan fingerprint density at radius 1 is 1.08 bits per heavy atom. The third-order valence-electron chi connectivity index (χ3n) is 3.15. The average Bonchev–Trinajstić information content (AvgIpc) is 2.78. The molecule has 24 heavy (non-hydrogen) atoms. The van der Waals surface area contributed by atoms with Crippen molar-refractivity contribution in [1.29, 1.82) is 0 Å². The van der Waals surface area contributed by atoms with Crippen LogP contribution in [-0.4, -0.2) is 21.1 Å². The SMILES string of the molecule is Cc1nc(C(F)(F)F)ccc1C(=O)Nc1n[nH]c(C(F)(F)F)c1C. The fourth-order valence-corrected chi connectivity index (χ4v) is 1.93. The Labute approximate surface area is 131 Å². The van der Waals surface area contributed by atoms with Gasteiger partial charge < -0.3 is 5.32 Å². The maximum atomic E-state index is 12.6. The van der Waals surface area contributed by atoms with E-state index in [0.717, 1.165) is 13.0 Å². The van der Waals surface area contributed by atoms with Crippen LogP contribution in [0.15, 0.2) is 12.1 Å². The van der Waals surface area contributed by atoms with Gasteiger partial charge >= 0.3 is 12.4 Å². The Balaban J connectivity index is 2.27. The molecular weight excluding hydrogens is 342 g/mol. The van der Waals surface area contributed by atoms with Crippen LogP contribution in [0.25, 0.3) is 0 Å². The lowest BCUT2D eigenvalue weighted by Gasteiger charge is -2.10. The summed E-state index contributed by atoms with van der Waals surface area (Å²) in [6, 6.07) is 1.51. The van der Waals surface area contributed by atoms with Crippen LogP contribution in [0.3, 0.4) is 0 Å². The van der Waals surface area contributed by atoms with Gasteiger partial charge in [0.2, 0.25) is 0 Å². The summed E-state index contributed by atoms with van der Waals surface area (Å²) in [5, 5.41) is 7.23. The highest BCUT2D eigenvalue weighted by Gasteiger charge is 2.36. The zero-order valence-electron chi connectivity index (χ0n) is 12.2. The first-order valence-corrected chi connectivity index (χ1v) is 6.39. The van der Waals surface area contributed by atoms with Gasteiger partial charge in [-0.1, -0.05) is 0 Å². The van der Waals surface area contributed by atoms with Gasteiger partial charge in [0, 0.05) is 5.56 Å². The number of aromatic amines is 1. The first-order chi connectivity index (χ1) is 10.9. The van der Waals surface area contributed by atoms with E-state index in [9.17, 15) is 31.1 Å². The number of alkyl halides is 6. The Kier molecular flexibility index (Phi) is 4.29. The number of rotatable bonds is 2.